The Kier molecular flexibility index (Phi) is 8.97. The molecule has 9 rings (SSSR count). The van der Waals surface area contributed by atoms with Gasteiger partial charge in [-0.05, 0) is 104 Å². The number of piperidine rings is 1. The number of hydrogen-bond donors (Lipinski definition) is 3. The molecule has 4 aliphatic heterocycles. The van der Waals surface area contributed by atoms with Crippen molar-refractivity contribution in [2.75, 3.05) is 35.7 Å². The van der Waals surface area contributed by atoms with E-state index in [0.29, 0.717) is 23.8 Å². The topological polar surface area (TPSA) is 118 Å². The molecule has 6 heterocycles. The molecule has 11 heteroatoms. The molecule has 2 fully saturated rings. The van der Waals surface area contributed by atoms with Gasteiger partial charge in [0.25, 0.3) is 0 Å². The summed E-state index contributed by atoms with van der Waals surface area (Å²) >= 11 is 0. The van der Waals surface area contributed by atoms with Crippen LogP contribution in [0.4, 0.5) is 28.7 Å². The fraction of sp³-hybridized carbons (Fsp3) is 0.286. The SMILES string of the molecule is CNC1=NC2=NC(c3ccc(C4CCCCC4)cc3Nc3ccccn3)=CC3=CC(c4ccc(N5CCCCC5)cc4Nc4ccccn4)=NC(=N1)N32. The van der Waals surface area contributed by atoms with Gasteiger partial charge < -0.3 is 20.9 Å². The third-order valence-electron chi connectivity index (χ3n) is 10.6. The summed E-state index contributed by atoms with van der Waals surface area (Å²) in [6, 6.07) is 25.2. The van der Waals surface area contributed by atoms with Crippen LogP contribution in [0.1, 0.15) is 74.0 Å². The van der Waals surface area contributed by atoms with Crippen LogP contribution in [0.5, 0.6) is 0 Å². The van der Waals surface area contributed by atoms with Gasteiger partial charge in [0.15, 0.2) is 0 Å². The van der Waals surface area contributed by atoms with Gasteiger partial charge in [-0.1, -0.05) is 43.5 Å². The van der Waals surface area contributed by atoms with Crippen LogP contribution in [0.3, 0.4) is 0 Å². The van der Waals surface area contributed by atoms with Crippen LogP contribution in [-0.4, -0.2) is 58.6 Å². The molecule has 5 aliphatic rings. The first-order valence-corrected chi connectivity index (χ1v) is 18.8. The normalized spacial score (nSPS) is 18.4. The molecule has 0 spiro atoms. The number of benzene rings is 2. The Balaban J connectivity index is 1.15. The number of nitrogens with one attached hydrogen (secondary N) is 3. The van der Waals surface area contributed by atoms with E-state index in [0.717, 1.165) is 64.3 Å². The van der Waals surface area contributed by atoms with Crippen LogP contribution >= 0.6 is 0 Å². The minimum absolute atomic E-state index is 0.451. The highest BCUT2D eigenvalue weighted by Crippen LogP contribution is 2.39. The van der Waals surface area contributed by atoms with E-state index in [1.165, 1.54) is 62.6 Å². The summed E-state index contributed by atoms with van der Waals surface area (Å²) in [5.74, 6) is 3.59. The molecule has 2 aromatic carbocycles. The highest BCUT2D eigenvalue weighted by atomic mass is 15.4. The van der Waals surface area contributed by atoms with Gasteiger partial charge in [0.1, 0.15) is 11.6 Å². The van der Waals surface area contributed by atoms with E-state index in [4.69, 9.17) is 20.0 Å². The lowest BCUT2D eigenvalue weighted by atomic mass is 9.83. The molecule has 11 nitrogen and oxygen atoms in total. The summed E-state index contributed by atoms with van der Waals surface area (Å²) in [7, 11) is 1.82. The van der Waals surface area contributed by atoms with Crippen molar-refractivity contribution in [3.05, 3.63) is 120 Å². The number of guanidine groups is 3. The molecule has 0 radical (unpaired) electrons. The molecular formula is C42H43N11. The second-order valence-electron chi connectivity index (χ2n) is 14.0. The average molecular weight is 702 g/mol. The Hall–Kier alpha value is -6.10. The quantitative estimate of drug-likeness (QED) is 0.169. The second kappa shape index (κ2) is 14.5. The number of allylic oxidation sites excluding steroid dienone is 2. The van der Waals surface area contributed by atoms with Gasteiger partial charge in [-0.25, -0.2) is 24.9 Å². The molecule has 0 amide bonds. The first-order chi connectivity index (χ1) is 26.2. The van der Waals surface area contributed by atoms with E-state index in [-0.39, 0.29) is 0 Å². The molecule has 4 aromatic rings. The Bertz CT molecular complexity index is 2080. The summed E-state index contributed by atoms with van der Waals surface area (Å²) in [4.78, 5) is 33.4. The lowest BCUT2D eigenvalue weighted by Gasteiger charge is -2.33. The van der Waals surface area contributed by atoms with Crippen molar-refractivity contribution >= 4 is 58.0 Å². The van der Waals surface area contributed by atoms with Gasteiger partial charge in [-0.2, -0.15) is 9.98 Å². The number of rotatable bonds is 8. The number of anilines is 5. The van der Waals surface area contributed by atoms with Crippen molar-refractivity contribution in [3.63, 3.8) is 0 Å². The standard InChI is InChI=1S/C42H43N11/c1-43-40-50-41-48-36(32-18-16-29(28-12-4-2-5-13-28)24-34(32)46-38-14-6-8-20-44-38)26-31-27-37(49-42(51-40)53(31)41)33-19-17-30(52-22-10-3-11-23-52)25-35(33)47-39-15-7-9-21-45-39/h6-9,14-21,24-28H,2-5,10-13,22-23H2,1H3,(H,44,46)(H,45,47)(H,43,48,49,50,51). The van der Waals surface area contributed by atoms with E-state index >= 15 is 0 Å². The van der Waals surface area contributed by atoms with Gasteiger partial charge in [0, 0.05) is 55.0 Å². The molecule has 2 aromatic heterocycles. The zero-order valence-corrected chi connectivity index (χ0v) is 30.0. The minimum atomic E-state index is 0.451. The molecule has 1 saturated heterocycles. The maximum atomic E-state index is 5.13. The van der Waals surface area contributed by atoms with Gasteiger partial charge in [0.05, 0.1) is 22.8 Å². The van der Waals surface area contributed by atoms with E-state index in [9.17, 15) is 0 Å². The zero-order valence-electron chi connectivity index (χ0n) is 30.0. The largest absolute Gasteiger partial charge is 0.371 e. The number of aliphatic imine (C=N–C) groups is 4. The smallest absolute Gasteiger partial charge is 0.240 e. The van der Waals surface area contributed by atoms with Crippen molar-refractivity contribution in [1.82, 2.24) is 20.2 Å². The lowest BCUT2D eigenvalue weighted by molar-refractivity contribution is 0.444. The molecule has 0 atom stereocenters. The van der Waals surface area contributed by atoms with Crippen LogP contribution in [0.15, 0.2) is 123 Å². The van der Waals surface area contributed by atoms with Gasteiger partial charge >= 0.3 is 0 Å². The van der Waals surface area contributed by atoms with E-state index < -0.39 is 0 Å². The number of aromatic nitrogens is 2. The molecule has 53 heavy (non-hydrogen) atoms. The first-order valence-electron chi connectivity index (χ1n) is 18.8. The monoisotopic (exact) mass is 701 g/mol. The predicted molar refractivity (Wildman–Crippen MR) is 216 cm³/mol. The van der Waals surface area contributed by atoms with Crippen molar-refractivity contribution in [3.8, 4) is 0 Å². The summed E-state index contributed by atoms with van der Waals surface area (Å²) < 4.78 is 0. The van der Waals surface area contributed by atoms with Gasteiger partial charge in [-0.15, -0.1) is 0 Å². The van der Waals surface area contributed by atoms with Crippen LogP contribution in [0.2, 0.25) is 0 Å². The molecule has 1 aliphatic carbocycles. The van der Waals surface area contributed by atoms with Crippen LogP contribution in [0, 0.1) is 0 Å². The van der Waals surface area contributed by atoms with Gasteiger partial charge in [0.2, 0.25) is 17.9 Å². The maximum Gasteiger partial charge on any atom is 0.240 e. The molecule has 266 valence electrons. The molecule has 0 unspecified atom stereocenters. The lowest BCUT2D eigenvalue weighted by Crippen LogP contribution is -2.43. The number of hydrogen-bond acceptors (Lipinski definition) is 11. The number of nitrogens with zero attached hydrogens (tertiary/aromatic N) is 8. The fourth-order valence-corrected chi connectivity index (χ4v) is 7.84. The van der Waals surface area contributed by atoms with E-state index in [1.807, 2.05) is 54.5 Å². The van der Waals surface area contributed by atoms with Crippen molar-refractivity contribution in [2.45, 2.75) is 57.3 Å². The van der Waals surface area contributed by atoms with Crippen LogP contribution < -0.4 is 20.9 Å². The Morgan fingerprint density at radius 2 is 1.34 bits per heavy atom. The third kappa shape index (κ3) is 6.82. The summed E-state index contributed by atoms with van der Waals surface area (Å²) in [5.41, 5.74) is 8.84. The second-order valence-corrected chi connectivity index (χ2v) is 14.0. The maximum absolute atomic E-state index is 5.13. The van der Waals surface area contributed by atoms with Crippen LogP contribution in [-0.2, 0) is 0 Å². The Labute approximate surface area is 310 Å². The first kappa shape index (κ1) is 32.8. The third-order valence-corrected chi connectivity index (χ3v) is 10.6. The minimum Gasteiger partial charge on any atom is -0.371 e. The molecule has 3 N–H and O–H groups in total. The zero-order chi connectivity index (χ0) is 35.6. The summed E-state index contributed by atoms with van der Waals surface area (Å²) in [6.45, 7) is 2.11. The van der Waals surface area contributed by atoms with Gasteiger partial charge in [-0.3, -0.25) is 0 Å². The Morgan fingerprint density at radius 3 is 2.06 bits per heavy atom. The van der Waals surface area contributed by atoms with Crippen molar-refractivity contribution in [1.29, 1.82) is 0 Å². The Morgan fingerprint density at radius 1 is 0.642 bits per heavy atom. The number of pyridine rings is 2. The van der Waals surface area contributed by atoms with E-state index in [2.05, 4.69) is 79.4 Å². The van der Waals surface area contributed by atoms with E-state index in [1.54, 1.807) is 6.20 Å². The molecule has 0 bridgehead atoms. The fourth-order valence-electron chi connectivity index (χ4n) is 7.84. The average Bonchev–Trinajstić information content (AvgIpc) is 3.22. The highest BCUT2D eigenvalue weighted by molar-refractivity contribution is 6.25. The van der Waals surface area contributed by atoms with Crippen LogP contribution in [0.25, 0.3) is 5.70 Å². The molecular weight excluding hydrogens is 659 g/mol. The van der Waals surface area contributed by atoms with Crippen molar-refractivity contribution in [2.24, 2.45) is 20.0 Å². The predicted octanol–water partition coefficient (Wildman–Crippen LogP) is 8.35. The molecule has 1 saturated carbocycles. The summed E-state index contributed by atoms with van der Waals surface area (Å²) in [5, 5.41) is 10.4. The van der Waals surface area contributed by atoms with Crippen molar-refractivity contribution < 1.29 is 0 Å². The summed E-state index contributed by atoms with van der Waals surface area (Å²) in [6.07, 6.45) is 17.8. The highest BCUT2D eigenvalue weighted by Gasteiger charge is 2.34.